The van der Waals surface area contributed by atoms with Crippen LogP contribution in [-0.4, -0.2) is 5.91 Å². The maximum atomic E-state index is 13.6. The summed E-state index contributed by atoms with van der Waals surface area (Å²) in [4.78, 5) is 11.1. The van der Waals surface area contributed by atoms with Gasteiger partial charge in [-0.2, -0.15) is 0 Å². The van der Waals surface area contributed by atoms with Gasteiger partial charge in [-0.15, -0.1) is 0 Å². The summed E-state index contributed by atoms with van der Waals surface area (Å²) in [5.74, 6) is -0.446. The van der Waals surface area contributed by atoms with Gasteiger partial charge in [0, 0.05) is 17.7 Å². The SMILES string of the molecule is NCc1cccc(OCc2cc(C(N)=O)ccc2F)c1. The highest BCUT2D eigenvalue weighted by Gasteiger charge is 2.08. The van der Waals surface area contributed by atoms with E-state index in [4.69, 9.17) is 16.2 Å². The van der Waals surface area contributed by atoms with Gasteiger partial charge in [-0.05, 0) is 35.9 Å². The minimum atomic E-state index is -0.601. The van der Waals surface area contributed by atoms with E-state index < -0.39 is 11.7 Å². The van der Waals surface area contributed by atoms with Crippen LogP contribution in [0, 0.1) is 5.82 Å². The Bertz CT molecular complexity index is 629. The predicted octanol–water partition coefficient (Wildman–Crippen LogP) is 1.96. The Morgan fingerprint density at radius 2 is 2.00 bits per heavy atom. The highest BCUT2D eigenvalue weighted by Crippen LogP contribution is 2.17. The number of carbonyl (C=O) groups excluding carboxylic acids is 1. The van der Waals surface area contributed by atoms with Crippen molar-refractivity contribution in [1.82, 2.24) is 0 Å². The van der Waals surface area contributed by atoms with Crippen LogP contribution in [-0.2, 0) is 13.2 Å². The van der Waals surface area contributed by atoms with Crippen molar-refractivity contribution in [1.29, 1.82) is 0 Å². The normalized spacial score (nSPS) is 10.3. The summed E-state index contributed by atoms with van der Waals surface area (Å²) in [5, 5.41) is 0. The van der Waals surface area contributed by atoms with E-state index in [0.29, 0.717) is 12.3 Å². The Hall–Kier alpha value is -2.40. The number of primary amides is 1. The van der Waals surface area contributed by atoms with Crippen molar-refractivity contribution in [3.8, 4) is 5.75 Å². The van der Waals surface area contributed by atoms with E-state index >= 15 is 0 Å². The van der Waals surface area contributed by atoms with Crippen molar-refractivity contribution in [2.75, 3.05) is 0 Å². The molecule has 0 aromatic heterocycles. The Morgan fingerprint density at radius 3 is 2.70 bits per heavy atom. The zero-order valence-electron chi connectivity index (χ0n) is 10.8. The molecule has 0 aliphatic heterocycles. The van der Waals surface area contributed by atoms with Gasteiger partial charge in [0.05, 0.1) is 0 Å². The number of carbonyl (C=O) groups is 1. The number of amides is 1. The van der Waals surface area contributed by atoms with Gasteiger partial charge < -0.3 is 16.2 Å². The maximum absolute atomic E-state index is 13.6. The molecule has 0 saturated heterocycles. The first kappa shape index (κ1) is 14.0. The number of ether oxygens (including phenoxy) is 1. The van der Waals surface area contributed by atoms with Crippen LogP contribution in [0.3, 0.4) is 0 Å². The van der Waals surface area contributed by atoms with Crippen LogP contribution < -0.4 is 16.2 Å². The lowest BCUT2D eigenvalue weighted by Crippen LogP contribution is -2.12. The number of rotatable bonds is 5. The second kappa shape index (κ2) is 6.16. The summed E-state index contributed by atoms with van der Waals surface area (Å²) in [6.45, 7) is 0.420. The van der Waals surface area contributed by atoms with Gasteiger partial charge in [-0.25, -0.2) is 4.39 Å². The molecule has 0 unspecified atom stereocenters. The van der Waals surface area contributed by atoms with Crippen molar-refractivity contribution >= 4 is 5.91 Å². The molecule has 5 heteroatoms. The first-order valence-electron chi connectivity index (χ1n) is 6.10. The zero-order chi connectivity index (χ0) is 14.5. The van der Waals surface area contributed by atoms with E-state index in [2.05, 4.69) is 0 Å². The molecular formula is C15H15FN2O2. The monoisotopic (exact) mass is 274 g/mol. The van der Waals surface area contributed by atoms with Gasteiger partial charge in [-0.1, -0.05) is 12.1 Å². The lowest BCUT2D eigenvalue weighted by Gasteiger charge is -2.09. The van der Waals surface area contributed by atoms with E-state index in [-0.39, 0.29) is 17.7 Å². The van der Waals surface area contributed by atoms with Gasteiger partial charge in [0.2, 0.25) is 5.91 Å². The lowest BCUT2D eigenvalue weighted by atomic mass is 10.1. The average Bonchev–Trinajstić information content (AvgIpc) is 2.46. The average molecular weight is 274 g/mol. The molecule has 0 radical (unpaired) electrons. The topological polar surface area (TPSA) is 78.3 Å². The molecule has 2 aromatic rings. The first-order valence-corrected chi connectivity index (χ1v) is 6.10. The fraction of sp³-hybridized carbons (Fsp3) is 0.133. The summed E-state index contributed by atoms with van der Waals surface area (Å²) < 4.78 is 19.1. The second-order valence-corrected chi connectivity index (χ2v) is 4.31. The molecule has 1 amide bonds. The highest BCUT2D eigenvalue weighted by molar-refractivity contribution is 5.92. The van der Waals surface area contributed by atoms with Gasteiger partial charge >= 0.3 is 0 Å². The Morgan fingerprint density at radius 1 is 1.20 bits per heavy atom. The van der Waals surface area contributed by atoms with Crippen molar-refractivity contribution < 1.29 is 13.9 Å². The Balaban J connectivity index is 2.13. The largest absolute Gasteiger partial charge is 0.489 e. The Labute approximate surface area is 116 Å². The van der Waals surface area contributed by atoms with E-state index in [1.165, 1.54) is 18.2 Å². The molecule has 2 aromatic carbocycles. The van der Waals surface area contributed by atoms with Crippen molar-refractivity contribution in [3.63, 3.8) is 0 Å². The van der Waals surface area contributed by atoms with Crippen LogP contribution in [0.15, 0.2) is 42.5 Å². The molecule has 0 atom stereocenters. The molecule has 104 valence electrons. The van der Waals surface area contributed by atoms with Crippen molar-refractivity contribution in [2.45, 2.75) is 13.2 Å². The molecule has 0 spiro atoms. The van der Waals surface area contributed by atoms with Crippen LogP contribution in [0.1, 0.15) is 21.5 Å². The highest BCUT2D eigenvalue weighted by atomic mass is 19.1. The third-order valence-corrected chi connectivity index (χ3v) is 2.86. The summed E-state index contributed by atoms with van der Waals surface area (Å²) in [6.07, 6.45) is 0. The molecule has 0 fully saturated rings. The molecule has 2 rings (SSSR count). The maximum Gasteiger partial charge on any atom is 0.248 e. The quantitative estimate of drug-likeness (QED) is 0.874. The zero-order valence-corrected chi connectivity index (χ0v) is 10.8. The molecule has 0 bridgehead atoms. The van der Waals surface area contributed by atoms with Crippen molar-refractivity contribution in [3.05, 3.63) is 65.0 Å². The third-order valence-electron chi connectivity index (χ3n) is 2.86. The van der Waals surface area contributed by atoms with Gasteiger partial charge in [0.1, 0.15) is 18.2 Å². The molecule has 0 heterocycles. The summed E-state index contributed by atoms with van der Waals surface area (Å²) in [7, 11) is 0. The standard InChI is InChI=1S/C15H15FN2O2/c16-14-5-4-11(15(18)19)7-12(14)9-20-13-3-1-2-10(6-13)8-17/h1-7H,8-9,17H2,(H2,18,19). The molecule has 4 nitrogen and oxygen atoms in total. The number of benzene rings is 2. The third kappa shape index (κ3) is 3.33. The van der Waals surface area contributed by atoms with Gasteiger partial charge in [-0.3, -0.25) is 4.79 Å². The van der Waals surface area contributed by atoms with Gasteiger partial charge in [0.25, 0.3) is 0 Å². The number of halogens is 1. The van der Waals surface area contributed by atoms with Crippen LogP contribution in [0.5, 0.6) is 5.75 Å². The van der Waals surface area contributed by atoms with Crippen LogP contribution in [0.2, 0.25) is 0 Å². The number of hydrogen-bond donors (Lipinski definition) is 2. The fourth-order valence-corrected chi connectivity index (χ4v) is 1.76. The molecular weight excluding hydrogens is 259 g/mol. The summed E-state index contributed by atoms with van der Waals surface area (Å²) in [5.41, 5.74) is 12.2. The summed E-state index contributed by atoms with van der Waals surface area (Å²) >= 11 is 0. The molecule has 20 heavy (non-hydrogen) atoms. The summed E-state index contributed by atoms with van der Waals surface area (Å²) in [6, 6.07) is 11.2. The van der Waals surface area contributed by atoms with Crippen LogP contribution in [0.4, 0.5) is 4.39 Å². The number of hydrogen-bond acceptors (Lipinski definition) is 3. The second-order valence-electron chi connectivity index (χ2n) is 4.31. The minimum absolute atomic E-state index is 0.0149. The molecule has 0 aliphatic rings. The van der Waals surface area contributed by atoms with E-state index in [0.717, 1.165) is 5.56 Å². The minimum Gasteiger partial charge on any atom is -0.489 e. The van der Waals surface area contributed by atoms with E-state index in [9.17, 15) is 9.18 Å². The molecule has 0 aliphatic carbocycles. The number of nitrogens with two attached hydrogens (primary N) is 2. The fourth-order valence-electron chi connectivity index (χ4n) is 1.76. The molecule has 0 saturated carbocycles. The lowest BCUT2D eigenvalue weighted by molar-refractivity contribution is 0.1000. The van der Waals surface area contributed by atoms with Gasteiger partial charge in [0.15, 0.2) is 0 Å². The van der Waals surface area contributed by atoms with Crippen molar-refractivity contribution in [2.24, 2.45) is 11.5 Å². The first-order chi connectivity index (χ1) is 9.60. The Kier molecular flexibility index (Phi) is 4.32. The van der Waals surface area contributed by atoms with Crippen LogP contribution in [0.25, 0.3) is 0 Å². The van der Waals surface area contributed by atoms with E-state index in [1.807, 2.05) is 12.1 Å². The smallest absolute Gasteiger partial charge is 0.248 e. The van der Waals surface area contributed by atoms with Crippen LogP contribution >= 0.6 is 0 Å². The predicted molar refractivity (Wildman–Crippen MR) is 73.6 cm³/mol. The van der Waals surface area contributed by atoms with E-state index in [1.54, 1.807) is 12.1 Å². The molecule has 4 N–H and O–H groups in total.